The lowest BCUT2D eigenvalue weighted by atomic mass is 10.2. The Balaban J connectivity index is 2.75. The van der Waals surface area contributed by atoms with Crippen molar-refractivity contribution in [2.45, 2.75) is 6.42 Å². The van der Waals surface area contributed by atoms with Gasteiger partial charge in [0.15, 0.2) is 11.5 Å². The molecule has 15 heavy (non-hydrogen) atoms. The molecule has 4 heteroatoms. The largest absolute Gasteiger partial charge is 0.493 e. The molecule has 0 spiro atoms. The van der Waals surface area contributed by atoms with Gasteiger partial charge in [-0.1, -0.05) is 0 Å². The van der Waals surface area contributed by atoms with E-state index >= 15 is 0 Å². The zero-order valence-electron chi connectivity index (χ0n) is 8.56. The average Bonchev–Trinajstić information content (AvgIpc) is 2.29. The van der Waals surface area contributed by atoms with E-state index < -0.39 is 0 Å². The van der Waals surface area contributed by atoms with Crippen LogP contribution in [0.15, 0.2) is 18.2 Å². The summed E-state index contributed by atoms with van der Waals surface area (Å²) >= 11 is 4.09. The number of hydrogen-bond acceptors (Lipinski definition) is 4. The van der Waals surface area contributed by atoms with Gasteiger partial charge in [0.2, 0.25) is 0 Å². The molecule has 0 atom stereocenters. The minimum absolute atomic E-state index is 0.563. The molecule has 1 rings (SSSR count). The van der Waals surface area contributed by atoms with Crippen LogP contribution >= 0.6 is 12.6 Å². The predicted molar refractivity (Wildman–Crippen MR) is 61.7 cm³/mol. The topological polar surface area (TPSA) is 42.2 Å². The van der Waals surface area contributed by atoms with E-state index in [4.69, 9.17) is 14.7 Å². The molecule has 0 heterocycles. The Morgan fingerprint density at radius 2 is 2.20 bits per heavy atom. The number of benzene rings is 1. The summed E-state index contributed by atoms with van der Waals surface area (Å²) in [5.74, 6) is 2.05. The van der Waals surface area contributed by atoms with Crippen molar-refractivity contribution in [1.82, 2.24) is 0 Å². The SMILES string of the molecule is COc1cc(C#N)ccc1OCCCS. The summed E-state index contributed by atoms with van der Waals surface area (Å²) in [6, 6.07) is 7.16. The van der Waals surface area contributed by atoms with Crippen molar-refractivity contribution in [2.24, 2.45) is 0 Å². The van der Waals surface area contributed by atoms with Crippen molar-refractivity contribution in [1.29, 1.82) is 5.26 Å². The molecule has 0 radical (unpaired) electrons. The maximum atomic E-state index is 8.71. The second-order valence-corrected chi connectivity index (χ2v) is 3.35. The maximum Gasteiger partial charge on any atom is 0.162 e. The molecule has 0 aliphatic carbocycles. The van der Waals surface area contributed by atoms with Crippen LogP contribution in [0.1, 0.15) is 12.0 Å². The van der Waals surface area contributed by atoms with Crippen LogP contribution in [-0.4, -0.2) is 19.5 Å². The molecule has 1 aromatic carbocycles. The van der Waals surface area contributed by atoms with Crippen molar-refractivity contribution >= 4 is 12.6 Å². The third kappa shape index (κ3) is 3.37. The summed E-state index contributed by atoms with van der Waals surface area (Å²) in [7, 11) is 1.56. The minimum atomic E-state index is 0.563. The second kappa shape index (κ2) is 6.20. The molecule has 0 saturated carbocycles. The molecule has 0 N–H and O–H groups in total. The van der Waals surface area contributed by atoms with Crippen molar-refractivity contribution in [2.75, 3.05) is 19.5 Å². The normalized spacial score (nSPS) is 9.40. The summed E-state index contributed by atoms with van der Waals surface area (Å²) < 4.78 is 10.6. The van der Waals surface area contributed by atoms with Gasteiger partial charge in [0.05, 0.1) is 25.3 Å². The quantitative estimate of drug-likeness (QED) is 0.615. The molecule has 3 nitrogen and oxygen atoms in total. The van der Waals surface area contributed by atoms with Gasteiger partial charge in [0.25, 0.3) is 0 Å². The third-order valence-electron chi connectivity index (χ3n) is 1.85. The fourth-order valence-corrected chi connectivity index (χ4v) is 1.23. The predicted octanol–water partition coefficient (Wildman–Crippen LogP) is 2.27. The highest BCUT2D eigenvalue weighted by Gasteiger charge is 2.04. The van der Waals surface area contributed by atoms with Gasteiger partial charge in [-0.05, 0) is 24.3 Å². The Morgan fingerprint density at radius 3 is 2.80 bits per heavy atom. The molecule has 0 aromatic heterocycles. The number of hydrogen-bond donors (Lipinski definition) is 1. The highest BCUT2D eigenvalue weighted by molar-refractivity contribution is 7.80. The highest BCUT2D eigenvalue weighted by atomic mass is 32.1. The lowest BCUT2D eigenvalue weighted by molar-refractivity contribution is 0.295. The molecule has 80 valence electrons. The van der Waals surface area contributed by atoms with Crippen LogP contribution in [0.25, 0.3) is 0 Å². The number of ether oxygens (including phenoxy) is 2. The average molecular weight is 223 g/mol. The van der Waals surface area contributed by atoms with Crippen molar-refractivity contribution < 1.29 is 9.47 Å². The van der Waals surface area contributed by atoms with Crippen LogP contribution in [-0.2, 0) is 0 Å². The molecule has 0 aliphatic rings. The van der Waals surface area contributed by atoms with Gasteiger partial charge in [-0.25, -0.2) is 0 Å². The molecule has 0 amide bonds. The first-order chi connectivity index (χ1) is 7.31. The lowest BCUT2D eigenvalue weighted by Crippen LogP contribution is -2.00. The zero-order valence-corrected chi connectivity index (χ0v) is 9.46. The zero-order chi connectivity index (χ0) is 11.1. The third-order valence-corrected chi connectivity index (χ3v) is 2.17. The number of nitrogens with zero attached hydrogens (tertiary/aromatic N) is 1. The summed E-state index contributed by atoms with van der Waals surface area (Å²) in [6.07, 6.45) is 0.881. The van der Waals surface area contributed by atoms with E-state index in [0.29, 0.717) is 23.7 Å². The molecular formula is C11H13NO2S. The molecule has 0 fully saturated rings. The molecule has 0 bridgehead atoms. The number of rotatable bonds is 5. The van der Waals surface area contributed by atoms with Gasteiger partial charge >= 0.3 is 0 Å². The van der Waals surface area contributed by atoms with Crippen LogP contribution in [0.3, 0.4) is 0 Å². The van der Waals surface area contributed by atoms with Gasteiger partial charge in [-0.3, -0.25) is 0 Å². The minimum Gasteiger partial charge on any atom is -0.493 e. The van der Waals surface area contributed by atoms with E-state index in [9.17, 15) is 0 Å². The first kappa shape index (κ1) is 11.7. The Labute approximate surface area is 95.0 Å². The second-order valence-electron chi connectivity index (χ2n) is 2.90. The lowest BCUT2D eigenvalue weighted by Gasteiger charge is -2.09. The van der Waals surface area contributed by atoms with Gasteiger partial charge in [-0.15, -0.1) is 0 Å². The van der Waals surface area contributed by atoms with Crippen LogP contribution in [0.5, 0.6) is 11.5 Å². The fraction of sp³-hybridized carbons (Fsp3) is 0.364. The van der Waals surface area contributed by atoms with Crippen molar-refractivity contribution in [3.63, 3.8) is 0 Å². The van der Waals surface area contributed by atoms with Crippen molar-refractivity contribution in [3.05, 3.63) is 23.8 Å². The first-order valence-electron chi connectivity index (χ1n) is 4.63. The van der Waals surface area contributed by atoms with Crippen LogP contribution in [0, 0.1) is 11.3 Å². The van der Waals surface area contributed by atoms with Crippen molar-refractivity contribution in [3.8, 4) is 17.6 Å². The Morgan fingerprint density at radius 1 is 1.40 bits per heavy atom. The maximum absolute atomic E-state index is 8.71. The number of thiol groups is 1. The molecular weight excluding hydrogens is 210 g/mol. The van der Waals surface area contributed by atoms with E-state index in [1.165, 1.54) is 0 Å². The highest BCUT2D eigenvalue weighted by Crippen LogP contribution is 2.27. The summed E-state index contributed by atoms with van der Waals surface area (Å²) in [5.41, 5.74) is 0.563. The summed E-state index contributed by atoms with van der Waals surface area (Å²) in [4.78, 5) is 0. The Hall–Kier alpha value is -1.34. The number of methoxy groups -OCH3 is 1. The number of nitriles is 1. The molecule has 1 aromatic rings. The molecule has 0 unspecified atom stereocenters. The fourth-order valence-electron chi connectivity index (χ4n) is 1.10. The van der Waals surface area contributed by atoms with E-state index in [-0.39, 0.29) is 0 Å². The standard InChI is InChI=1S/C11H13NO2S/c1-13-11-7-9(8-12)3-4-10(11)14-5-2-6-15/h3-4,7,15H,2,5-6H2,1H3. The van der Waals surface area contributed by atoms with Crippen LogP contribution < -0.4 is 9.47 Å². The van der Waals surface area contributed by atoms with Gasteiger partial charge < -0.3 is 9.47 Å². The van der Waals surface area contributed by atoms with E-state index in [0.717, 1.165) is 12.2 Å². The Bertz CT molecular complexity index is 360. The summed E-state index contributed by atoms with van der Waals surface area (Å²) in [5, 5.41) is 8.71. The van der Waals surface area contributed by atoms with E-state index in [1.54, 1.807) is 25.3 Å². The molecule has 0 saturated heterocycles. The monoisotopic (exact) mass is 223 g/mol. The van der Waals surface area contributed by atoms with Crippen LogP contribution in [0.2, 0.25) is 0 Å². The smallest absolute Gasteiger partial charge is 0.162 e. The Kier molecular flexibility index (Phi) is 4.85. The van der Waals surface area contributed by atoms with Gasteiger partial charge in [0.1, 0.15) is 0 Å². The van der Waals surface area contributed by atoms with E-state index in [1.807, 2.05) is 6.07 Å². The van der Waals surface area contributed by atoms with Crippen LogP contribution in [0.4, 0.5) is 0 Å². The first-order valence-corrected chi connectivity index (χ1v) is 5.27. The summed E-state index contributed by atoms with van der Waals surface area (Å²) in [6.45, 7) is 0.603. The van der Waals surface area contributed by atoms with Gasteiger partial charge in [-0.2, -0.15) is 17.9 Å². The van der Waals surface area contributed by atoms with E-state index in [2.05, 4.69) is 12.6 Å². The van der Waals surface area contributed by atoms with Gasteiger partial charge in [0, 0.05) is 6.07 Å². The molecule has 0 aliphatic heterocycles.